The van der Waals surface area contributed by atoms with E-state index in [1.54, 1.807) is 6.33 Å². The van der Waals surface area contributed by atoms with Crippen LogP contribution in [0.1, 0.15) is 12.8 Å². The summed E-state index contributed by atoms with van der Waals surface area (Å²) >= 11 is 5.81. The maximum absolute atomic E-state index is 9.21. The van der Waals surface area contributed by atoms with Crippen molar-refractivity contribution in [2.24, 2.45) is 5.92 Å². The maximum atomic E-state index is 9.21. The van der Waals surface area contributed by atoms with Crippen LogP contribution in [-0.4, -0.2) is 37.7 Å². The Morgan fingerprint density at radius 2 is 2.29 bits per heavy atom. The van der Waals surface area contributed by atoms with Crippen molar-refractivity contribution in [2.75, 3.05) is 11.9 Å². The number of imidazole rings is 1. The van der Waals surface area contributed by atoms with Crippen molar-refractivity contribution in [3.05, 3.63) is 11.6 Å². The highest BCUT2D eigenvalue weighted by atomic mass is 35.5. The highest BCUT2D eigenvalue weighted by Gasteiger charge is 2.27. The normalized spacial score (nSPS) is 23.6. The molecule has 1 saturated carbocycles. The van der Waals surface area contributed by atoms with Crippen molar-refractivity contribution < 1.29 is 5.11 Å². The minimum Gasteiger partial charge on any atom is -0.393 e. The van der Waals surface area contributed by atoms with E-state index in [1.165, 1.54) is 0 Å². The Kier molecular flexibility index (Phi) is 2.60. The van der Waals surface area contributed by atoms with Crippen molar-refractivity contribution >= 4 is 28.6 Å². The molecule has 0 unspecified atom stereocenters. The standard InChI is InChI=1S/C10H12ClN5O/c11-10-15-8(7-9(16-10)14-4-13-7)12-3-5-1-6(17)2-5/h4-6,17H,1-3H2,(H2,12,13,14,15,16). The molecule has 0 bridgehead atoms. The molecule has 17 heavy (non-hydrogen) atoms. The van der Waals surface area contributed by atoms with Crippen molar-refractivity contribution in [2.45, 2.75) is 18.9 Å². The summed E-state index contributed by atoms with van der Waals surface area (Å²) in [6.45, 7) is 0.776. The van der Waals surface area contributed by atoms with Crippen LogP contribution in [0, 0.1) is 5.92 Å². The van der Waals surface area contributed by atoms with Gasteiger partial charge in [-0.2, -0.15) is 9.97 Å². The summed E-state index contributed by atoms with van der Waals surface area (Å²) in [6, 6.07) is 0. The van der Waals surface area contributed by atoms with E-state index in [4.69, 9.17) is 11.6 Å². The van der Waals surface area contributed by atoms with Gasteiger partial charge < -0.3 is 15.4 Å². The van der Waals surface area contributed by atoms with E-state index < -0.39 is 0 Å². The molecule has 6 nitrogen and oxygen atoms in total. The monoisotopic (exact) mass is 253 g/mol. The van der Waals surface area contributed by atoms with Gasteiger partial charge in [0.25, 0.3) is 0 Å². The topological polar surface area (TPSA) is 86.7 Å². The van der Waals surface area contributed by atoms with Gasteiger partial charge in [0.15, 0.2) is 11.5 Å². The third-order valence-corrected chi connectivity index (χ3v) is 3.20. The molecule has 0 aliphatic heterocycles. The lowest BCUT2D eigenvalue weighted by atomic mass is 9.82. The molecule has 3 rings (SSSR count). The summed E-state index contributed by atoms with van der Waals surface area (Å²) in [5, 5.41) is 12.6. The van der Waals surface area contributed by atoms with Gasteiger partial charge in [0.05, 0.1) is 12.4 Å². The minimum absolute atomic E-state index is 0.136. The number of hydrogen-bond acceptors (Lipinski definition) is 5. The van der Waals surface area contributed by atoms with Crippen LogP contribution < -0.4 is 5.32 Å². The van der Waals surface area contributed by atoms with Crippen LogP contribution in [0.5, 0.6) is 0 Å². The van der Waals surface area contributed by atoms with Gasteiger partial charge >= 0.3 is 0 Å². The van der Waals surface area contributed by atoms with Crippen LogP contribution in [0.4, 0.5) is 5.82 Å². The number of fused-ring (bicyclic) bond motifs is 1. The molecule has 0 spiro atoms. The number of aliphatic hydroxyl groups excluding tert-OH is 1. The number of halogens is 1. The molecule has 0 radical (unpaired) electrons. The van der Waals surface area contributed by atoms with Crippen molar-refractivity contribution in [3.63, 3.8) is 0 Å². The van der Waals surface area contributed by atoms with E-state index in [9.17, 15) is 5.11 Å². The molecule has 1 aliphatic rings. The number of aliphatic hydroxyl groups is 1. The number of H-pyrrole nitrogens is 1. The summed E-state index contributed by atoms with van der Waals surface area (Å²) in [6.07, 6.45) is 3.12. The van der Waals surface area contributed by atoms with Gasteiger partial charge in [0.1, 0.15) is 5.52 Å². The van der Waals surface area contributed by atoms with Gasteiger partial charge in [-0.1, -0.05) is 0 Å². The van der Waals surface area contributed by atoms with E-state index in [-0.39, 0.29) is 11.4 Å². The van der Waals surface area contributed by atoms with E-state index in [1.807, 2.05) is 0 Å². The fourth-order valence-corrected chi connectivity index (χ4v) is 2.21. The zero-order chi connectivity index (χ0) is 11.8. The van der Waals surface area contributed by atoms with Crippen molar-refractivity contribution in [1.29, 1.82) is 0 Å². The zero-order valence-electron chi connectivity index (χ0n) is 9.02. The molecule has 2 heterocycles. The molecule has 0 saturated heterocycles. The average molecular weight is 254 g/mol. The van der Waals surface area contributed by atoms with Gasteiger partial charge in [-0.05, 0) is 30.4 Å². The SMILES string of the molecule is OC1CC(CNc2nc(Cl)nc3nc[nH]c23)C1. The Balaban J connectivity index is 1.77. The van der Waals surface area contributed by atoms with Crippen LogP contribution in [0.3, 0.4) is 0 Å². The van der Waals surface area contributed by atoms with Crippen LogP contribution in [0.15, 0.2) is 6.33 Å². The highest BCUT2D eigenvalue weighted by Crippen LogP contribution is 2.28. The van der Waals surface area contributed by atoms with Crippen LogP contribution in [-0.2, 0) is 0 Å². The lowest BCUT2D eigenvalue weighted by Crippen LogP contribution is -2.33. The Labute approximate surface area is 102 Å². The van der Waals surface area contributed by atoms with Gasteiger partial charge in [0, 0.05) is 6.54 Å². The van der Waals surface area contributed by atoms with E-state index in [0.29, 0.717) is 17.4 Å². The first-order chi connectivity index (χ1) is 8.22. The molecule has 0 amide bonds. The predicted molar refractivity (Wildman–Crippen MR) is 63.9 cm³/mol. The van der Waals surface area contributed by atoms with Crippen LogP contribution in [0.2, 0.25) is 5.28 Å². The fraction of sp³-hybridized carbons (Fsp3) is 0.500. The second-order valence-corrected chi connectivity index (χ2v) is 4.65. The number of aromatic nitrogens is 4. The number of nitrogens with one attached hydrogen (secondary N) is 2. The molecule has 2 aromatic rings. The molecule has 0 atom stereocenters. The van der Waals surface area contributed by atoms with Gasteiger partial charge in [-0.15, -0.1) is 0 Å². The first kappa shape index (κ1) is 10.7. The minimum atomic E-state index is -0.136. The van der Waals surface area contributed by atoms with Crippen molar-refractivity contribution in [1.82, 2.24) is 19.9 Å². The Morgan fingerprint density at radius 3 is 3.06 bits per heavy atom. The number of aromatic amines is 1. The Morgan fingerprint density at radius 1 is 1.47 bits per heavy atom. The Hall–Kier alpha value is -1.40. The zero-order valence-corrected chi connectivity index (χ0v) is 9.78. The number of nitrogens with zero attached hydrogens (tertiary/aromatic N) is 3. The number of anilines is 1. The summed E-state index contributed by atoms with van der Waals surface area (Å²) < 4.78 is 0. The number of rotatable bonds is 3. The molecule has 0 aromatic carbocycles. The van der Waals surface area contributed by atoms with Crippen LogP contribution in [0.25, 0.3) is 11.2 Å². The van der Waals surface area contributed by atoms with Gasteiger partial charge in [0.2, 0.25) is 5.28 Å². The fourth-order valence-electron chi connectivity index (χ4n) is 2.04. The third-order valence-electron chi connectivity index (χ3n) is 3.03. The summed E-state index contributed by atoms with van der Waals surface area (Å²) in [5.41, 5.74) is 1.32. The van der Waals surface area contributed by atoms with Gasteiger partial charge in [-0.3, -0.25) is 0 Å². The van der Waals surface area contributed by atoms with E-state index in [2.05, 4.69) is 25.3 Å². The second-order valence-electron chi connectivity index (χ2n) is 4.31. The third kappa shape index (κ3) is 2.05. The summed E-state index contributed by atoms with van der Waals surface area (Å²) in [7, 11) is 0. The quantitative estimate of drug-likeness (QED) is 0.716. The molecule has 3 N–H and O–H groups in total. The molecule has 1 fully saturated rings. The highest BCUT2D eigenvalue weighted by molar-refractivity contribution is 6.28. The Bertz CT molecular complexity index is 536. The first-order valence-corrected chi connectivity index (χ1v) is 5.88. The van der Waals surface area contributed by atoms with E-state index >= 15 is 0 Å². The molecular weight excluding hydrogens is 242 g/mol. The smallest absolute Gasteiger partial charge is 0.226 e. The second kappa shape index (κ2) is 4.12. The van der Waals surface area contributed by atoms with Crippen molar-refractivity contribution in [3.8, 4) is 0 Å². The molecule has 90 valence electrons. The molecule has 2 aromatic heterocycles. The summed E-state index contributed by atoms with van der Waals surface area (Å²) in [4.78, 5) is 15.2. The van der Waals surface area contributed by atoms with Gasteiger partial charge in [-0.25, -0.2) is 4.98 Å². The maximum Gasteiger partial charge on any atom is 0.226 e. The largest absolute Gasteiger partial charge is 0.393 e. The lowest BCUT2D eigenvalue weighted by Gasteiger charge is -2.31. The molecule has 7 heteroatoms. The predicted octanol–water partition coefficient (Wildman–Crippen LogP) is 1.19. The van der Waals surface area contributed by atoms with Crippen LogP contribution >= 0.6 is 11.6 Å². The molecular formula is C10H12ClN5O. The molecule has 1 aliphatic carbocycles. The lowest BCUT2D eigenvalue weighted by molar-refractivity contribution is 0.0486. The average Bonchev–Trinajstić information content (AvgIpc) is 2.70. The summed E-state index contributed by atoms with van der Waals surface area (Å²) in [5.74, 6) is 1.16. The first-order valence-electron chi connectivity index (χ1n) is 5.51. The van der Waals surface area contributed by atoms with E-state index in [0.717, 1.165) is 24.9 Å². The number of hydrogen-bond donors (Lipinski definition) is 3.